The third-order valence-corrected chi connectivity index (χ3v) is 4.66. The number of hydrogen-bond acceptors (Lipinski definition) is 4. The maximum absolute atomic E-state index is 13.3. The maximum Gasteiger partial charge on any atom is 0.256 e. The molecular weight excluding hydrogens is 325 g/mol. The molecule has 1 atom stereocenters. The highest BCUT2D eigenvalue weighted by atomic mass is 19.1. The lowest BCUT2D eigenvalue weighted by atomic mass is 9.99. The van der Waals surface area contributed by atoms with Gasteiger partial charge in [-0.15, -0.1) is 0 Å². The summed E-state index contributed by atoms with van der Waals surface area (Å²) in [5.41, 5.74) is -0.0136. The van der Waals surface area contributed by atoms with Crippen LogP contribution in [0.2, 0.25) is 0 Å². The van der Waals surface area contributed by atoms with Crippen LogP contribution in [0, 0.1) is 11.7 Å². The van der Waals surface area contributed by atoms with Gasteiger partial charge in [-0.2, -0.15) is 0 Å². The predicted molar refractivity (Wildman–Crippen MR) is 93.1 cm³/mol. The number of pyridine rings is 1. The smallest absolute Gasteiger partial charge is 0.256 e. The number of rotatable bonds is 5. The van der Waals surface area contributed by atoms with E-state index in [1.54, 1.807) is 0 Å². The summed E-state index contributed by atoms with van der Waals surface area (Å²) in [6, 6.07) is 3.87. The summed E-state index contributed by atoms with van der Waals surface area (Å²) in [4.78, 5) is 29.7. The molecule has 1 saturated heterocycles. The van der Waals surface area contributed by atoms with Crippen LogP contribution in [0.5, 0.6) is 0 Å². The van der Waals surface area contributed by atoms with Crippen molar-refractivity contribution in [1.82, 2.24) is 15.2 Å². The minimum Gasteiger partial charge on any atom is -0.396 e. The number of aromatic nitrogens is 1. The summed E-state index contributed by atoms with van der Waals surface area (Å²) in [7, 11) is 0. The zero-order valence-electron chi connectivity index (χ0n) is 13.9. The van der Waals surface area contributed by atoms with E-state index < -0.39 is 17.2 Å². The van der Waals surface area contributed by atoms with E-state index in [4.69, 9.17) is 0 Å². The van der Waals surface area contributed by atoms with Crippen molar-refractivity contribution in [3.05, 3.63) is 46.0 Å². The topological polar surface area (TPSA) is 85.4 Å². The van der Waals surface area contributed by atoms with Gasteiger partial charge in [0.25, 0.3) is 5.91 Å². The molecule has 0 aliphatic carbocycles. The number of aliphatic hydroxyl groups is 1. The number of piperidine rings is 1. The van der Waals surface area contributed by atoms with Crippen LogP contribution in [0.1, 0.15) is 23.2 Å². The molecule has 3 rings (SSSR count). The second-order valence-electron chi connectivity index (χ2n) is 6.47. The molecule has 0 bridgehead atoms. The zero-order valence-corrected chi connectivity index (χ0v) is 13.9. The van der Waals surface area contributed by atoms with E-state index in [1.807, 2.05) is 0 Å². The second-order valence-corrected chi connectivity index (χ2v) is 6.47. The van der Waals surface area contributed by atoms with Gasteiger partial charge in [0.15, 0.2) is 0 Å². The van der Waals surface area contributed by atoms with Gasteiger partial charge in [0.1, 0.15) is 11.4 Å². The van der Waals surface area contributed by atoms with Gasteiger partial charge in [-0.05, 0) is 43.5 Å². The van der Waals surface area contributed by atoms with E-state index in [0.29, 0.717) is 24.5 Å². The largest absolute Gasteiger partial charge is 0.396 e. The van der Waals surface area contributed by atoms with Crippen molar-refractivity contribution in [1.29, 1.82) is 0 Å². The molecule has 1 aromatic carbocycles. The maximum atomic E-state index is 13.3. The molecular formula is C18H22FN3O3. The molecule has 25 heavy (non-hydrogen) atoms. The summed E-state index contributed by atoms with van der Waals surface area (Å²) in [6.07, 6.45) is 3.43. The van der Waals surface area contributed by atoms with Crippen LogP contribution in [0.4, 0.5) is 4.39 Å². The monoisotopic (exact) mass is 347 g/mol. The fraction of sp³-hybridized carbons (Fsp3) is 0.444. The van der Waals surface area contributed by atoms with Gasteiger partial charge in [0.2, 0.25) is 5.43 Å². The van der Waals surface area contributed by atoms with Crippen molar-refractivity contribution in [3.63, 3.8) is 0 Å². The normalized spacial score (nSPS) is 18.4. The number of fused-ring (bicyclic) bond motifs is 1. The lowest BCUT2D eigenvalue weighted by Gasteiger charge is -2.31. The number of aliphatic hydroxyl groups excluding tert-OH is 1. The lowest BCUT2D eigenvalue weighted by Crippen LogP contribution is -2.42. The molecule has 1 aliphatic rings. The quantitative estimate of drug-likeness (QED) is 0.756. The number of aromatic amines is 1. The van der Waals surface area contributed by atoms with Gasteiger partial charge in [0, 0.05) is 43.3 Å². The van der Waals surface area contributed by atoms with Crippen LogP contribution in [0.25, 0.3) is 10.9 Å². The van der Waals surface area contributed by atoms with Crippen molar-refractivity contribution >= 4 is 16.8 Å². The summed E-state index contributed by atoms with van der Waals surface area (Å²) >= 11 is 0. The second kappa shape index (κ2) is 7.76. The Balaban J connectivity index is 1.63. The molecule has 3 N–H and O–H groups in total. The van der Waals surface area contributed by atoms with Gasteiger partial charge in [0.05, 0.1) is 0 Å². The van der Waals surface area contributed by atoms with Gasteiger partial charge in [-0.1, -0.05) is 0 Å². The standard InChI is InChI=1S/C18H22FN3O3/c19-13-3-4-16-14(8-13)17(24)15(9-21-16)18(25)20-5-7-22-6-1-2-12(10-22)11-23/h3-4,8-9,12,23H,1-2,5-7,10-11H2,(H,20,25)(H,21,24)/t12-/m0/s1. The van der Waals surface area contributed by atoms with Crippen LogP contribution in [0.3, 0.4) is 0 Å². The molecule has 0 unspecified atom stereocenters. The molecule has 0 spiro atoms. The van der Waals surface area contributed by atoms with Crippen molar-refractivity contribution in [2.24, 2.45) is 5.92 Å². The van der Waals surface area contributed by atoms with Crippen molar-refractivity contribution in [2.75, 3.05) is 32.8 Å². The molecule has 7 heteroatoms. The number of likely N-dealkylation sites (tertiary alicyclic amines) is 1. The molecule has 1 aliphatic heterocycles. The number of H-pyrrole nitrogens is 1. The number of carbonyl (C=O) groups excluding carboxylic acids is 1. The van der Waals surface area contributed by atoms with Crippen LogP contribution >= 0.6 is 0 Å². The Morgan fingerprint density at radius 1 is 1.44 bits per heavy atom. The van der Waals surface area contributed by atoms with E-state index in [-0.39, 0.29) is 17.6 Å². The number of benzene rings is 1. The van der Waals surface area contributed by atoms with Crippen molar-refractivity contribution < 1.29 is 14.3 Å². The van der Waals surface area contributed by atoms with E-state index >= 15 is 0 Å². The van der Waals surface area contributed by atoms with Crippen molar-refractivity contribution in [3.8, 4) is 0 Å². The van der Waals surface area contributed by atoms with E-state index in [0.717, 1.165) is 32.0 Å². The zero-order chi connectivity index (χ0) is 17.8. The van der Waals surface area contributed by atoms with Gasteiger partial charge >= 0.3 is 0 Å². The summed E-state index contributed by atoms with van der Waals surface area (Å²) in [6.45, 7) is 3.04. The Bertz CT molecular complexity index is 821. The minimum atomic E-state index is -0.515. The van der Waals surface area contributed by atoms with Gasteiger partial charge < -0.3 is 20.3 Å². The number of halogens is 1. The highest BCUT2D eigenvalue weighted by Gasteiger charge is 2.19. The number of hydrogen-bond donors (Lipinski definition) is 3. The predicted octanol–water partition coefficient (Wildman–Crippen LogP) is 1.10. The fourth-order valence-electron chi connectivity index (χ4n) is 3.29. The highest BCUT2D eigenvalue weighted by Crippen LogP contribution is 2.15. The molecule has 1 aromatic heterocycles. The first-order chi connectivity index (χ1) is 12.1. The summed E-state index contributed by atoms with van der Waals surface area (Å²) in [5, 5.41) is 12.2. The Hall–Kier alpha value is -2.25. The summed E-state index contributed by atoms with van der Waals surface area (Å²) < 4.78 is 13.3. The highest BCUT2D eigenvalue weighted by molar-refractivity contribution is 5.97. The van der Waals surface area contributed by atoms with Crippen LogP contribution in [-0.2, 0) is 0 Å². The third-order valence-electron chi connectivity index (χ3n) is 4.66. The Morgan fingerprint density at radius 3 is 3.08 bits per heavy atom. The van der Waals surface area contributed by atoms with Gasteiger partial charge in [-0.3, -0.25) is 9.59 Å². The SMILES string of the molecule is O=C(NCCN1CCC[C@H](CO)C1)c1c[nH]c2ccc(F)cc2c1=O. The van der Waals surface area contributed by atoms with Crippen LogP contribution in [0.15, 0.2) is 29.2 Å². The van der Waals surface area contributed by atoms with Crippen LogP contribution in [-0.4, -0.2) is 53.7 Å². The summed E-state index contributed by atoms with van der Waals surface area (Å²) in [5.74, 6) is -0.690. The Morgan fingerprint density at radius 2 is 2.28 bits per heavy atom. The minimum absolute atomic E-state index is 0.0232. The molecule has 2 heterocycles. The lowest BCUT2D eigenvalue weighted by molar-refractivity contribution is 0.0929. The average molecular weight is 347 g/mol. The Labute approximate surface area is 144 Å². The molecule has 2 aromatic rings. The first-order valence-electron chi connectivity index (χ1n) is 8.51. The third kappa shape index (κ3) is 4.05. The number of carbonyl (C=O) groups is 1. The van der Waals surface area contributed by atoms with E-state index in [2.05, 4.69) is 15.2 Å². The van der Waals surface area contributed by atoms with E-state index in [1.165, 1.54) is 18.3 Å². The Kier molecular flexibility index (Phi) is 5.45. The van der Waals surface area contributed by atoms with Crippen LogP contribution < -0.4 is 10.7 Å². The van der Waals surface area contributed by atoms with Gasteiger partial charge in [-0.25, -0.2) is 4.39 Å². The van der Waals surface area contributed by atoms with Crippen molar-refractivity contribution in [2.45, 2.75) is 12.8 Å². The fourth-order valence-corrected chi connectivity index (χ4v) is 3.29. The molecule has 0 saturated carbocycles. The molecule has 1 fully saturated rings. The average Bonchev–Trinajstić information content (AvgIpc) is 2.62. The number of nitrogens with one attached hydrogen (secondary N) is 2. The molecule has 1 amide bonds. The first kappa shape index (κ1) is 17.6. The molecule has 134 valence electrons. The first-order valence-corrected chi connectivity index (χ1v) is 8.51. The van der Waals surface area contributed by atoms with E-state index in [9.17, 15) is 19.1 Å². The number of amides is 1. The molecule has 0 radical (unpaired) electrons. The molecule has 6 nitrogen and oxygen atoms in total. The number of nitrogens with zero attached hydrogens (tertiary/aromatic N) is 1.